The Hall–Kier alpha value is -2.17. The summed E-state index contributed by atoms with van der Waals surface area (Å²) in [5.41, 5.74) is 7.89. The summed E-state index contributed by atoms with van der Waals surface area (Å²) in [4.78, 5) is 15.5. The second-order valence-corrected chi connectivity index (χ2v) is 5.52. The van der Waals surface area contributed by atoms with Crippen molar-refractivity contribution in [3.63, 3.8) is 0 Å². The molecule has 0 aromatic carbocycles. The smallest absolute Gasteiger partial charge is 0.158 e. The molecule has 0 spiro atoms. The number of nitrogen functional groups attached to an aromatic ring is 1. The maximum atomic E-state index is 5.97. The number of hydrogen-bond donors (Lipinski definition) is 1. The number of anilines is 1. The summed E-state index contributed by atoms with van der Waals surface area (Å²) in [5, 5.41) is 0. The van der Waals surface area contributed by atoms with Gasteiger partial charge in [-0.1, -0.05) is 26.0 Å². The van der Waals surface area contributed by atoms with Gasteiger partial charge in [0, 0.05) is 24.6 Å². The van der Waals surface area contributed by atoms with Gasteiger partial charge in [-0.25, -0.2) is 9.97 Å². The van der Waals surface area contributed by atoms with Gasteiger partial charge in [0.15, 0.2) is 11.7 Å². The maximum absolute atomic E-state index is 5.97. The first-order valence-electron chi connectivity index (χ1n) is 6.95. The van der Waals surface area contributed by atoms with Crippen molar-refractivity contribution in [3.8, 4) is 0 Å². The minimum atomic E-state index is 0.190. The molecule has 1 unspecified atom stereocenters. The average molecular weight is 269 g/mol. The summed E-state index contributed by atoms with van der Waals surface area (Å²) in [7, 11) is 0. The molecule has 5 nitrogen and oxygen atoms in total. The zero-order chi connectivity index (χ0) is 14.1. The van der Waals surface area contributed by atoms with E-state index >= 15 is 0 Å². The summed E-state index contributed by atoms with van der Waals surface area (Å²) >= 11 is 0. The Bertz CT molecular complexity index is 600. The Morgan fingerprint density at radius 3 is 2.90 bits per heavy atom. The van der Waals surface area contributed by atoms with Crippen LogP contribution in [0.4, 0.5) is 5.82 Å². The Labute approximate surface area is 118 Å². The molecule has 0 bridgehead atoms. The predicted octanol–water partition coefficient (Wildman–Crippen LogP) is 1.99. The molecule has 3 rings (SSSR count). The number of amidine groups is 1. The van der Waals surface area contributed by atoms with E-state index in [0.717, 1.165) is 18.8 Å². The summed E-state index contributed by atoms with van der Waals surface area (Å²) in [6.45, 7) is 5.30. The van der Waals surface area contributed by atoms with Crippen molar-refractivity contribution in [3.05, 3.63) is 42.0 Å². The van der Waals surface area contributed by atoms with E-state index in [1.807, 2.05) is 0 Å². The van der Waals surface area contributed by atoms with Gasteiger partial charge in [0.1, 0.15) is 5.69 Å². The fraction of sp³-hybridized carbons (Fsp3) is 0.400. The fourth-order valence-electron chi connectivity index (χ4n) is 2.60. The molecule has 2 N–H and O–H groups in total. The highest BCUT2D eigenvalue weighted by Crippen LogP contribution is 2.30. The standard InChI is InChI=1S/C15H19N5/c1-10(2)9-20-12-6-4-3-5-11(12)19-15(20)13-14(16)18-8-7-17-13/h3-4,6-8,10-11H,5,9H2,1-2H3,(H2,16,18). The molecule has 0 saturated carbocycles. The Kier molecular flexibility index (Phi) is 3.26. The molecule has 2 heterocycles. The first kappa shape index (κ1) is 12.8. The molecule has 104 valence electrons. The zero-order valence-electron chi connectivity index (χ0n) is 11.8. The first-order valence-corrected chi connectivity index (χ1v) is 6.95. The van der Waals surface area contributed by atoms with Gasteiger partial charge in [-0.15, -0.1) is 0 Å². The number of aromatic nitrogens is 2. The molecule has 1 atom stereocenters. The molecule has 1 aliphatic heterocycles. The lowest BCUT2D eigenvalue weighted by Crippen LogP contribution is -2.33. The van der Waals surface area contributed by atoms with Gasteiger partial charge in [-0.05, 0) is 18.4 Å². The molecule has 0 radical (unpaired) electrons. The average Bonchev–Trinajstić information content (AvgIpc) is 2.78. The van der Waals surface area contributed by atoms with E-state index < -0.39 is 0 Å². The first-order chi connectivity index (χ1) is 9.66. The third-order valence-corrected chi connectivity index (χ3v) is 3.44. The summed E-state index contributed by atoms with van der Waals surface area (Å²) in [5.74, 6) is 1.82. The third-order valence-electron chi connectivity index (χ3n) is 3.44. The van der Waals surface area contributed by atoms with Crippen LogP contribution in [-0.2, 0) is 0 Å². The van der Waals surface area contributed by atoms with Crippen molar-refractivity contribution in [2.75, 3.05) is 12.3 Å². The lowest BCUT2D eigenvalue weighted by atomic mass is 10.0. The van der Waals surface area contributed by atoms with Crippen molar-refractivity contribution in [2.24, 2.45) is 10.9 Å². The fourth-order valence-corrected chi connectivity index (χ4v) is 2.60. The number of rotatable bonds is 3. The SMILES string of the molecule is CC(C)CN1C2=CC=CCC2N=C1c1nccnc1N. The van der Waals surface area contributed by atoms with Crippen LogP contribution in [0.25, 0.3) is 0 Å². The largest absolute Gasteiger partial charge is 0.382 e. The molecule has 1 aromatic heterocycles. The van der Waals surface area contributed by atoms with Crippen molar-refractivity contribution < 1.29 is 0 Å². The minimum absolute atomic E-state index is 0.190. The van der Waals surface area contributed by atoms with Crippen molar-refractivity contribution in [2.45, 2.75) is 26.3 Å². The van der Waals surface area contributed by atoms with Crippen LogP contribution in [0.2, 0.25) is 0 Å². The number of nitrogens with two attached hydrogens (primary N) is 1. The number of allylic oxidation sites excluding steroid dienone is 2. The van der Waals surface area contributed by atoms with Gasteiger partial charge in [0.05, 0.1) is 6.04 Å². The molecule has 2 aliphatic rings. The van der Waals surface area contributed by atoms with Crippen LogP contribution in [-0.4, -0.2) is 33.3 Å². The number of nitrogens with zero attached hydrogens (tertiary/aromatic N) is 4. The molecular formula is C15H19N5. The molecule has 0 fully saturated rings. The van der Waals surface area contributed by atoms with Crippen LogP contribution in [0.3, 0.4) is 0 Å². The van der Waals surface area contributed by atoms with Crippen LogP contribution in [0.5, 0.6) is 0 Å². The van der Waals surface area contributed by atoms with E-state index in [-0.39, 0.29) is 6.04 Å². The van der Waals surface area contributed by atoms with Gasteiger partial charge in [-0.2, -0.15) is 0 Å². The molecule has 1 aromatic rings. The van der Waals surface area contributed by atoms with E-state index in [1.165, 1.54) is 5.70 Å². The van der Waals surface area contributed by atoms with E-state index in [4.69, 9.17) is 10.7 Å². The molecule has 20 heavy (non-hydrogen) atoms. The van der Waals surface area contributed by atoms with E-state index in [2.05, 4.69) is 46.9 Å². The van der Waals surface area contributed by atoms with Gasteiger partial charge in [0.2, 0.25) is 0 Å². The van der Waals surface area contributed by atoms with E-state index in [1.54, 1.807) is 12.4 Å². The molecule has 5 heteroatoms. The topological polar surface area (TPSA) is 67.4 Å². The molecule has 0 saturated heterocycles. The van der Waals surface area contributed by atoms with Crippen LogP contribution in [0, 0.1) is 5.92 Å². The zero-order valence-corrected chi connectivity index (χ0v) is 11.8. The lowest BCUT2D eigenvalue weighted by Gasteiger charge is -2.26. The third kappa shape index (κ3) is 2.19. The van der Waals surface area contributed by atoms with Crippen LogP contribution < -0.4 is 5.73 Å². The second kappa shape index (κ2) is 5.07. The summed E-state index contributed by atoms with van der Waals surface area (Å²) in [6.07, 6.45) is 10.6. The summed E-state index contributed by atoms with van der Waals surface area (Å²) in [6, 6.07) is 0.190. The van der Waals surface area contributed by atoms with Gasteiger partial charge < -0.3 is 10.6 Å². The quantitative estimate of drug-likeness (QED) is 0.911. The monoisotopic (exact) mass is 269 g/mol. The molecule has 0 amide bonds. The van der Waals surface area contributed by atoms with Crippen LogP contribution in [0.15, 0.2) is 41.3 Å². The molecule has 1 aliphatic carbocycles. The van der Waals surface area contributed by atoms with Crippen molar-refractivity contribution >= 4 is 11.7 Å². The van der Waals surface area contributed by atoms with Gasteiger partial charge >= 0.3 is 0 Å². The highest BCUT2D eigenvalue weighted by molar-refractivity contribution is 6.03. The normalized spacial score (nSPS) is 20.9. The highest BCUT2D eigenvalue weighted by atomic mass is 15.3. The number of hydrogen-bond acceptors (Lipinski definition) is 5. The minimum Gasteiger partial charge on any atom is -0.382 e. The lowest BCUT2D eigenvalue weighted by molar-refractivity contribution is 0.429. The summed E-state index contributed by atoms with van der Waals surface area (Å²) < 4.78 is 0. The Morgan fingerprint density at radius 2 is 2.15 bits per heavy atom. The van der Waals surface area contributed by atoms with Crippen LogP contribution >= 0.6 is 0 Å². The van der Waals surface area contributed by atoms with Crippen molar-refractivity contribution in [1.29, 1.82) is 0 Å². The molecular weight excluding hydrogens is 250 g/mol. The van der Waals surface area contributed by atoms with Gasteiger partial charge in [-0.3, -0.25) is 4.99 Å². The van der Waals surface area contributed by atoms with Crippen molar-refractivity contribution in [1.82, 2.24) is 14.9 Å². The highest BCUT2D eigenvalue weighted by Gasteiger charge is 2.33. The van der Waals surface area contributed by atoms with E-state index in [9.17, 15) is 0 Å². The maximum Gasteiger partial charge on any atom is 0.158 e. The second-order valence-electron chi connectivity index (χ2n) is 5.52. The predicted molar refractivity (Wildman–Crippen MR) is 80.2 cm³/mol. The number of aliphatic imine (C=N–C) groups is 1. The number of fused-ring (bicyclic) bond motifs is 1. The Morgan fingerprint density at radius 1 is 1.35 bits per heavy atom. The van der Waals surface area contributed by atoms with Crippen LogP contribution in [0.1, 0.15) is 26.0 Å². The Balaban J connectivity index is 2.02. The van der Waals surface area contributed by atoms with Gasteiger partial charge in [0.25, 0.3) is 0 Å². The van der Waals surface area contributed by atoms with E-state index in [0.29, 0.717) is 17.4 Å².